The Morgan fingerprint density at radius 1 is 1.06 bits per heavy atom. The highest BCUT2D eigenvalue weighted by Crippen LogP contribution is 2.43. The van der Waals surface area contributed by atoms with E-state index in [4.69, 9.17) is 0 Å². The molecule has 33 heavy (non-hydrogen) atoms. The first kappa shape index (κ1) is 21.5. The second kappa shape index (κ2) is 9.29. The zero-order valence-corrected chi connectivity index (χ0v) is 18.6. The van der Waals surface area contributed by atoms with E-state index >= 15 is 0 Å². The Hall–Kier alpha value is -3.30. The summed E-state index contributed by atoms with van der Waals surface area (Å²) in [6.45, 7) is 0.370. The summed E-state index contributed by atoms with van der Waals surface area (Å²) >= 11 is 0. The number of nitrogens with zero attached hydrogens (tertiary/aromatic N) is 2. The second-order valence-corrected chi connectivity index (χ2v) is 9.19. The summed E-state index contributed by atoms with van der Waals surface area (Å²) in [5, 5.41) is 12.9. The molecule has 3 amide bonds. The molecular weight excluding hydrogens is 414 g/mol. The van der Waals surface area contributed by atoms with Crippen LogP contribution >= 0.6 is 0 Å². The second-order valence-electron chi connectivity index (χ2n) is 9.19. The number of carbonyl (C=O) groups is 2. The summed E-state index contributed by atoms with van der Waals surface area (Å²) in [6.07, 6.45) is 4.95. The highest BCUT2D eigenvalue weighted by atomic mass is 16.3. The number of carbonyl (C=O) groups excluding carboxylic acids is 2. The lowest BCUT2D eigenvalue weighted by Gasteiger charge is -2.58. The average Bonchev–Trinajstić information content (AvgIpc) is 3.34. The summed E-state index contributed by atoms with van der Waals surface area (Å²) in [5.41, 5.74) is 2.76. The Morgan fingerprint density at radius 3 is 2.48 bits per heavy atom. The summed E-state index contributed by atoms with van der Waals surface area (Å²) in [4.78, 5) is 28.9. The van der Waals surface area contributed by atoms with Crippen LogP contribution in [0.5, 0.6) is 0 Å². The van der Waals surface area contributed by atoms with Crippen molar-refractivity contribution in [3.8, 4) is 11.8 Å². The maximum atomic E-state index is 12.8. The molecule has 3 fully saturated rings. The maximum Gasteiger partial charge on any atom is 0.322 e. The van der Waals surface area contributed by atoms with Gasteiger partial charge in [0.1, 0.15) is 6.54 Å². The molecule has 3 atom stereocenters. The Bertz CT molecular complexity index is 1070. The Kier molecular flexibility index (Phi) is 6.06. The van der Waals surface area contributed by atoms with Crippen LogP contribution in [0.25, 0.3) is 0 Å². The van der Waals surface area contributed by atoms with Crippen LogP contribution in [0.1, 0.15) is 42.7 Å². The van der Waals surface area contributed by atoms with Crippen molar-refractivity contribution in [1.29, 1.82) is 0 Å². The Labute approximate surface area is 194 Å². The number of nitrogens with one attached hydrogen (secondary N) is 1. The summed E-state index contributed by atoms with van der Waals surface area (Å²) in [5.74, 6) is 7.07. The number of piperazine rings is 1. The van der Waals surface area contributed by atoms with E-state index in [9.17, 15) is 14.7 Å². The molecule has 0 bridgehead atoms. The summed E-state index contributed by atoms with van der Waals surface area (Å²) in [7, 11) is 0. The number of urea groups is 1. The van der Waals surface area contributed by atoms with Gasteiger partial charge in [0.15, 0.2) is 0 Å². The lowest BCUT2D eigenvalue weighted by molar-refractivity contribution is -0.159. The average molecular weight is 444 g/mol. The van der Waals surface area contributed by atoms with Crippen LogP contribution in [0.4, 0.5) is 10.5 Å². The molecule has 0 radical (unpaired) electrons. The van der Waals surface area contributed by atoms with Gasteiger partial charge in [0, 0.05) is 29.6 Å². The fraction of sp³-hybridized carbons (Fsp3) is 0.407. The molecule has 2 aliphatic heterocycles. The van der Waals surface area contributed by atoms with Gasteiger partial charge in [-0.3, -0.25) is 4.79 Å². The van der Waals surface area contributed by atoms with Crippen molar-refractivity contribution >= 4 is 17.6 Å². The molecule has 2 N–H and O–H groups in total. The zero-order chi connectivity index (χ0) is 22.8. The minimum absolute atomic E-state index is 0.0110. The number of aliphatic hydroxyl groups is 1. The molecule has 5 rings (SSSR count). The molecular formula is C27H29N3O3. The van der Waals surface area contributed by atoms with Crippen LogP contribution in [0.15, 0.2) is 54.6 Å². The Morgan fingerprint density at radius 2 is 1.79 bits per heavy atom. The van der Waals surface area contributed by atoms with Crippen LogP contribution in [-0.2, 0) is 4.79 Å². The van der Waals surface area contributed by atoms with Crippen LogP contribution < -0.4 is 5.32 Å². The molecule has 0 unspecified atom stereocenters. The van der Waals surface area contributed by atoms with Crippen LogP contribution in [0, 0.1) is 17.8 Å². The monoisotopic (exact) mass is 443 g/mol. The van der Waals surface area contributed by atoms with Crippen molar-refractivity contribution in [2.75, 3.05) is 25.0 Å². The molecule has 6 heteroatoms. The van der Waals surface area contributed by atoms with E-state index in [1.54, 1.807) is 9.80 Å². The molecule has 2 aromatic rings. The first-order chi connectivity index (χ1) is 16.1. The smallest absolute Gasteiger partial charge is 0.322 e. The number of amides is 3. The van der Waals surface area contributed by atoms with Crippen molar-refractivity contribution in [2.45, 2.75) is 43.7 Å². The van der Waals surface area contributed by atoms with Crippen molar-refractivity contribution < 1.29 is 14.7 Å². The van der Waals surface area contributed by atoms with Crippen LogP contribution in [0.3, 0.4) is 0 Å². The normalized spacial score (nSPS) is 24.5. The van der Waals surface area contributed by atoms with E-state index in [0.29, 0.717) is 18.2 Å². The number of rotatable bonds is 3. The molecule has 2 aromatic carbocycles. The minimum atomic E-state index is -0.280. The predicted octanol–water partition coefficient (Wildman–Crippen LogP) is 3.43. The molecule has 6 nitrogen and oxygen atoms in total. The molecule has 3 aliphatic rings. The highest BCUT2D eigenvalue weighted by Gasteiger charge is 2.54. The van der Waals surface area contributed by atoms with Gasteiger partial charge >= 0.3 is 6.03 Å². The van der Waals surface area contributed by atoms with Gasteiger partial charge in [0.25, 0.3) is 0 Å². The van der Waals surface area contributed by atoms with Crippen molar-refractivity contribution in [1.82, 2.24) is 9.80 Å². The minimum Gasteiger partial charge on any atom is -0.394 e. The Balaban J connectivity index is 1.29. The lowest BCUT2D eigenvalue weighted by atomic mass is 9.73. The number of hydrogen-bond acceptors (Lipinski definition) is 3. The summed E-state index contributed by atoms with van der Waals surface area (Å²) < 4.78 is 0. The van der Waals surface area contributed by atoms with Gasteiger partial charge in [-0.15, -0.1) is 0 Å². The van der Waals surface area contributed by atoms with E-state index in [-0.39, 0.29) is 43.1 Å². The van der Waals surface area contributed by atoms with Crippen LogP contribution in [-0.4, -0.2) is 58.6 Å². The van der Waals surface area contributed by atoms with Gasteiger partial charge in [0.2, 0.25) is 5.91 Å². The van der Waals surface area contributed by atoms with Crippen molar-refractivity contribution in [2.24, 2.45) is 5.92 Å². The topological polar surface area (TPSA) is 72.9 Å². The largest absolute Gasteiger partial charge is 0.394 e. The van der Waals surface area contributed by atoms with Gasteiger partial charge in [-0.25, -0.2) is 4.79 Å². The van der Waals surface area contributed by atoms with E-state index in [0.717, 1.165) is 11.1 Å². The van der Waals surface area contributed by atoms with Crippen molar-refractivity contribution in [3.63, 3.8) is 0 Å². The number of fused-ring (bicyclic) bond motifs is 1. The predicted molar refractivity (Wildman–Crippen MR) is 127 cm³/mol. The molecule has 2 heterocycles. The highest BCUT2D eigenvalue weighted by molar-refractivity contribution is 5.93. The summed E-state index contributed by atoms with van der Waals surface area (Å²) in [6, 6.07) is 16.7. The molecule has 170 valence electrons. The third-order valence-corrected chi connectivity index (χ3v) is 7.14. The lowest BCUT2D eigenvalue weighted by Crippen LogP contribution is -2.73. The number of aliphatic hydroxyl groups excluding tert-OH is 1. The van der Waals surface area contributed by atoms with E-state index in [1.807, 2.05) is 42.5 Å². The molecule has 2 saturated heterocycles. The van der Waals surface area contributed by atoms with Gasteiger partial charge in [-0.1, -0.05) is 55.0 Å². The van der Waals surface area contributed by atoms with Gasteiger partial charge in [-0.2, -0.15) is 0 Å². The van der Waals surface area contributed by atoms with E-state index < -0.39 is 0 Å². The maximum absolute atomic E-state index is 12.8. The molecule has 0 aromatic heterocycles. The molecule has 1 aliphatic carbocycles. The van der Waals surface area contributed by atoms with E-state index in [1.165, 1.54) is 25.7 Å². The number of para-hydroxylation sites is 1. The van der Waals surface area contributed by atoms with Crippen LogP contribution in [0.2, 0.25) is 0 Å². The third-order valence-electron chi connectivity index (χ3n) is 7.14. The van der Waals surface area contributed by atoms with Gasteiger partial charge in [-0.05, 0) is 42.7 Å². The molecule has 1 saturated carbocycles. The van der Waals surface area contributed by atoms with E-state index in [2.05, 4.69) is 29.3 Å². The van der Waals surface area contributed by atoms with Gasteiger partial charge < -0.3 is 20.2 Å². The fourth-order valence-electron chi connectivity index (χ4n) is 5.42. The number of anilines is 1. The number of hydrogen-bond donors (Lipinski definition) is 2. The quantitative estimate of drug-likeness (QED) is 0.714. The number of benzene rings is 2. The van der Waals surface area contributed by atoms with Crippen molar-refractivity contribution in [3.05, 3.63) is 65.7 Å². The third kappa shape index (κ3) is 4.34. The standard InChI is InChI=1S/C27H29N3O3/c31-18-24-26(21-14-12-20(13-15-21)11-10-19-6-4-5-7-19)23-16-29(17-25(32)30(23)24)27(33)28-22-8-2-1-3-9-22/h1-3,8-9,12-15,19,23-24,26,31H,4-7,16-18H2,(H,28,33)/t23-,24-,26+/m1/s1. The molecule has 0 spiro atoms. The fourth-order valence-corrected chi connectivity index (χ4v) is 5.42. The first-order valence-electron chi connectivity index (χ1n) is 11.8. The first-order valence-corrected chi connectivity index (χ1v) is 11.8. The zero-order valence-electron chi connectivity index (χ0n) is 18.6. The van der Waals surface area contributed by atoms with Gasteiger partial charge in [0.05, 0.1) is 18.7 Å². The SMILES string of the molecule is O=C(Nc1ccccc1)N1CC(=O)N2[C@H](CO)[C@@H](c3ccc(C#CC4CCCC4)cc3)[C@H]2C1.